The molecule has 1 heterocycles. The van der Waals surface area contributed by atoms with Gasteiger partial charge in [0, 0.05) is 12.1 Å². The van der Waals surface area contributed by atoms with Gasteiger partial charge in [-0.2, -0.15) is 13.2 Å². The van der Waals surface area contributed by atoms with Crippen LogP contribution < -0.4 is 0 Å². The smallest absolute Gasteiger partial charge is 0.401 e. The Morgan fingerprint density at radius 1 is 1.50 bits per heavy atom. The number of likely N-dealkylation sites (tertiary alicyclic amines) is 1. The number of carboxylic acid groups (broad SMARTS) is 1. The van der Waals surface area contributed by atoms with Crippen LogP contribution in [-0.2, 0) is 4.79 Å². The van der Waals surface area contributed by atoms with Gasteiger partial charge in [0.1, 0.15) is 0 Å². The molecule has 1 rings (SSSR count). The van der Waals surface area contributed by atoms with Crippen molar-refractivity contribution in [2.75, 3.05) is 26.7 Å². The normalized spacial score (nSPS) is 26.6. The molecule has 2 atom stereocenters. The van der Waals surface area contributed by atoms with E-state index in [4.69, 9.17) is 5.11 Å². The summed E-state index contributed by atoms with van der Waals surface area (Å²) >= 11 is 0. The highest BCUT2D eigenvalue weighted by Gasteiger charge is 2.36. The van der Waals surface area contributed by atoms with Gasteiger partial charge in [0.15, 0.2) is 0 Å². The predicted octanol–water partition coefficient (Wildman–Crippen LogP) is 1.42. The summed E-state index contributed by atoms with van der Waals surface area (Å²) < 4.78 is 37.3. The third kappa shape index (κ3) is 4.81. The minimum absolute atomic E-state index is 0.174. The quantitative estimate of drug-likeness (QED) is 0.837. The molecule has 0 aromatic heterocycles. The molecule has 2 unspecified atom stereocenters. The molecule has 0 amide bonds. The van der Waals surface area contributed by atoms with Crippen LogP contribution in [0.4, 0.5) is 13.2 Å². The first-order chi connectivity index (χ1) is 8.19. The summed E-state index contributed by atoms with van der Waals surface area (Å²) in [6, 6.07) is -0.137. The summed E-state index contributed by atoms with van der Waals surface area (Å²) in [5.41, 5.74) is 0. The monoisotopic (exact) mass is 268 g/mol. The van der Waals surface area contributed by atoms with Gasteiger partial charge in [0.2, 0.25) is 0 Å². The van der Waals surface area contributed by atoms with Crippen LogP contribution in [-0.4, -0.2) is 65.8 Å². The second-order valence-corrected chi connectivity index (χ2v) is 4.92. The number of nitrogens with zero attached hydrogens (tertiary/aromatic N) is 2. The summed E-state index contributed by atoms with van der Waals surface area (Å²) in [6.07, 6.45) is -3.22. The Hall–Kier alpha value is -0.820. The molecule has 0 bridgehead atoms. The molecule has 106 valence electrons. The minimum atomic E-state index is -4.36. The summed E-state index contributed by atoms with van der Waals surface area (Å²) in [4.78, 5) is 13.8. The Kier molecular flexibility index (Phi) is 4.98. The van der Waals surface area contributed by atoms with E-state index in [1.807, 2.05) is 14.0 Å². The maximum absolute atomic E-state index is 12.4. The van der Waals surface area contributed by atoms with E-state index < -0.39 is 25.2 Å². The lowest BCUT2D eigenvalue weighted by molar-refractivity contribution is -0.160. The first-order valence-corrected chi connectivity index (χ1v) is 5.92. The van der Waals surface area contributed by atoms with Gasteiger partial charge in [-0.3, -0.25) is 9.69 Å². The van der Waals surface area contributed by atoms with Crippen molar-refractivity contribution >= 4 is 5.97 Å². The lowest BCUT2D eigenvalue weighted by atomic mass is 9.97. The third-order valence-electron chi connectivity index (χ3n) is 3.42. The third-order valence-corrected chi connectivity index (χ3v) is 3.42. The number of rotatable bonds is 4. The lowest BCUT2D eigenvalue weighted by Gasteiger charge is -2.40. The van der Waals surface area contributed by atoms with Crippen LogP contribution in [0.25, 0.3) is 0 Å². The van der Waals surface area contributed by atoms with Crippen LogP contribution in [0.1, 0.15) is 19.8 Å². The van der Waals surface area contributed by atoms with Crippen molar-refractivity contribution < 1.29 is 23.1 Å². The molecule has 0 spiro atoms. The lowest BCUT2D eigenvalue weighted by Crippen LogP contribution is -2.51. The molecule has 0 radical (unpaired) electrons. The molecule has 0 aromatic carbocycles. The minimum Gasteiger partial charge on any atom is -0.480 e. The van der Waals surface area contributed by atoms with E-state index in [2.05, 4.69) is 4.90 Å². The number of halogens is 3. The number of piperidine rings is 1. The summed E-state index contributed by atoms with van der Waals surface area (Å²) in [5.74, 6) is -1.22. The van der Waals surface area contributed by atoms with Crippen LogP contribution in [0.15, 0.2) is 0 Å². The predicted molar refractivity (Wildman–Crippen MR) is 60.4 cm³/mol. The number of alkyl halides is 3. The van der Waals surface area contributed by atoms with Crippen molar-refractivity contribution in [3.8, 4) is 0 Å². The first-order valence-electron chi connectivity index (χ1n) is 5.92. The van der Waals surface area contributed by atoms with Gasteiger partial charge < -0.3 is 10.0 Å². The maximum Gasteiger partial charge on any atom is 0.401 e. The average Bonchev–Trinajstić information content (AvgIpc) is 2.18. The van der Waals surface area contributed by atoms with Crippen molar-refractivity contribution in [3.63, 3.8) is 0 Å². The van der Waals surface area contributed by atoms with Crippen LogP contribution >= 0.6 is 0 Å². The Bertz CT molecular complexity index is 297. The van der Waals surface area contributed by atoms with Gasteiger partial charge in [-0.05, 0) is 33.4 Å². The molecule has 0 saturated carbocycles. The highest BCUT2D eigenvalue weighted by Crippen LogP contribution is 2.24. The molecule has 18 heavy (non-hydrogen) atoms. The molecule has 7 heteroatoms. The van der Waals surface area contributed by atoms with Crippen molar-refractivity contribution in [1.29, 1.82) is 0 Å². The van der Waals surface area contributed by atoms with E-state index in [0.717, 1.165) is 4.90 Å². The Morgan fingerprint density at radius 3 is 2.56 bits per heavy atom. The topological polar surface area (TPSA) is 43.8 Å². The van der Waals surface area contributed by atoms with Crippen molar-refractivity contribution in [2.24, 2.45) is 0 Å². The number of hydrogen-bond donors (Lipinski definition) is 1. The maximum atomic E-state index is 12.4. The highest BCUT2D eigenvalue weighted by atomic mass is 19.4. The van der Waals surface area contributed by atoms with Crippen molar-refractivity contribution in [3.05, 3.63) is 0 Å². The van der Waals surface area contributed by atoms with E-state index in [0.29, 0.717) is 19.4 Å². The Morgan fingerprint density at radius 2 is 2.11 bits per heavy atom. The molecule has 4 nitrogen and oxygen atoms in total. The summed E-state index contributed by atoms with van der Waals surface area (Å²) in [6.45, 7) is 0.930. The molecule has 1 aliphatic heterocycles. The second-order valence-electron chi connectivity index (χ2n) is 4.92. The molecule has 0 aliphatic carbocycles. The van der Waals surface area contributed by atoms with Gasteiger partial charge >= 0.3 is 12.1 Å². The Balaban J connectivity index is 2.67. The average molecular weight is 268 g/mol. The zero-order valence-corrected chi connectivity index (χ0v) is 10.6. The molecule has 1 N–H and O–H groups in total. The van der Waals surface area contributed by atoms with E-state index in [1.165, 1.54) is 0 Å². The molecule has 1 saturated heterocycles. The van der Waals surface area contributed by atoms with Crippen LogP contribution in [0, 0.1) is 0 Å². The van der Waals surface area contributed by atoms with Gasteiger partial charge in [-0.1, -0.05) is 0 Å². The number of hydrogen-bond acceptors (Lipinski definition) is 3. The first kappa shape index (κ1) is 15.2. The zero-order chi connectivity index (χ0) is 13.9. The van der Waals surface area contributed by atoms with Crippen LogP contribution in [0.5, 0.6) is 0 Å². The standard InChI is InChI=1S/C11H19F3N2O2/c1-8-5-9(3-4-15(8)2)16(6-10(17)18)7-11(12,13)14/h8-9H,3-7H2,1-2H3,(H,17,18). The van der Waals surface area contributed by atoms with Crippen LogP contribution in [0.2, 0.25) is 0 Å². The molecule has 1 fully saturated rings. The zero-order valence-electron chi connectivity index (χ0n) is 10.6. The van der Waals surface area contributed by atoms with Gasteiger partial charge in [-0.15, -0.1) is 0 Å². The molecule has 0 aromatic rings. The highest BCUT2D eigenvalue weighted by molar-refractivity contribution is 5.69. The Labute approximate surface area is 104 Å². The number of aliphatic carboxylic acids is 1. The van der Waals surface area contributed by atoms with Gasteiger partial charge in [0.05, 0.1) is 13.1 Å². The molecular formula is C11H19F3N2O2. The van der Waals surface area contributed by atoms with Crippen molar-refractivity contribution in [2.45, 2.75) is 38.0 Å². The molecular weight excluding hydrogens is 249 g/mol. The fourth-order valence-electron chi connectivity index (χ4n) is 2.31. The van der Waals surface area contributed by atoms with Gasteiger partial charge in [-0.25, -0.2) is 0 Å². The van der Waals surface area contributed by atoms with E-state index in [1.54, 1.807) is 0 Å². The number of carboxylic acids is 1. The molecule has 1 aliphatic rings. The SMILES string of the molecule is CC1CC(N(CC(=O)O)CC(F)(F)F)CCN1C. The largest absolute Gasteiger partial charge is 0.480 e. The van der Waals surface area contributed by atoms with E-state index in [-0.39, 0.29) is 12.1 Å². The van der Waals surface area contributed by atoms with Crippen LogP contribution in [0.3, 0.4) is 0 Å². The van der Waals surface area contributed by atoms with Crippen molar-refractivity contribution in [1.82, 2.24) is 9.80 Å². The fraction of sp³-hybridized carbons (Fsp3) is 0.909. The number of carbonyl (C=O) groups is 1. The summed E-state index contributed by atoms with van der Waals surface area (Å²) in [5, 5.41) is 8.71. The van der Waals surface area contributed by atoms with Gasteiger partial charge in [0.25, 0.3) is 0 Å². The van der Waals surface area contributed by atoms with E-state index >= 15 is 0 Å². The summed E-state index contributed by atoms with van der Waals surface area (Å²) in [7, 11) is 1.92. The second kappa shape index (κ2) is 5.88. The van der Waals surface area contributed by atoms with E-state index in [9.17, 15) is 18.0 Å². The fourth-order valence-corrected chi connectivity index (χ4v) is 2.31.